The SMILES string of the molecule is OCCNc1ccccc1/C=C/c1ccncc1. The molecule has 0 amide bonds. The third-order valence-corrected chi connectivity index (χ3v) is 2.55. The van der Waals surface area contributed by atoms with Gasteiger partial charge in [0, 0.05) is 24.6 Å². The molecule has 0 saturated heterocycles. The zero-order valence-electron chi connectivity index (χ0n) is 10.1. The minimum absolute atomic E-state index is 0.127. The van der Waals surface area contributed by atoms with Crippen LogP contribution in [0.5, 0.6) is 0 Å². The van der Waals surface area contributed by atoms with Crippen LogP contribution in [0, 0.1) is 0 Å². The van der Waals surface area contributed by atoms with E-state index >= 15 is 0 Å². The van der Waals surface area contributed by atoms with Gasteiger partial charge in [-0.2, -0.15) is 0 Å². The van der Waals surface area contributed by atoms with Crippen molar-refractivity contribution in [3.05, 3.63) is 59.9 Å². The van der Waals surface area contributed by atoms with Crippen LogP contribution in [0.25, 0.3) is 12.2 Å². The maximum atomic E-state index is 8.84. The molecule has 2 N–H and O–H groups in total. The van der Waals surface area contributed by atoms with Gasteiger partial charge in [-0.05, 0) is 29.3 Å². The minimum atomic E-state index is 0.127. The molecule has 0 aliphatic carbocycles. The second kappa shape index (κ2) is 6.57. The number of hydrogen-bond acceptors (Lipinski definition) is 3. The second-order valence-corrected chi connectivity index (χ2v) is 3.85. The summed E-state index contributed by atoms with van der Waals surface area (Å²) in [6.45, 7) is 0.683. The molecule has 1 aromatic heterocycles. The molecule has 0 spiro atoms. The van der Waals surface area contributed by atoms with Gasteiger partial charge in [-0.15, -0.1) is 0 Å². The summed E-state index contributed by atoms with van der Waals surface area (Å²) in [4.78, 5) is 3.98. The molecule has 0 saturated carbocycles. The van der Waals surface area contributed by atoms with E-state index in [2.05, 4.69) is 16.4 Å². The highest BCUT2D eigenvalue weighted by atomic mass is 16.3. The summed E-state index contributed by atoms with van der Waals surface area (Å²) in [5, 5.41) is 12.0. The minimum Gasteiger partial charge on any atom is -0.395 e. The predicted octanol–water partition coefficient (Wildman–Crippen LogP) is 2.66. The number of benzene rings is 1. The molecule has 0 fully saturated rings. The molecule has 2 rings (SSSR count). The molecule has 0 aliphatic heterocycles. The average Bonchev–Trinajstić information content (AvgIpc) is 2.45. The van der Waals surface area contributed by atoms with Crippen molar-refractivity contribution in [1.29, 1.82) is 0 Å². The van der Waals surface area contributed by atoms with Crippen molar-refractivity contribution in [2.24, 2.45) is 0 Å². The summed E-state index contributed by atoms with van der Waals surface area (Å²) >= 11 is 0. The molecule has 0 bridgehead atoms. The summed E-state index contributed by atoms with van der Waals surface area (Å²) in [5.41, 5.74) is 3.24. The fourth-order valence-corrected chi connectivity index (χ4v) is 1.65. The summed E-state index contributed by atoms with van der Waals surface area (Å²) in [7, 11) is 0. The molecular formula is C15H16N2O. The van der Waals surface area contributed by atoms with Gasteiger partial charge in [0.15, 0.2) is 0 Å². The van der Waals surface area contributed by atoms with Gasteiger partial charge in [-0.3, -0.25) is 4.98 Å². The van der Waals surface area contributed by atoms with E-state index in [1.165, 1.54) is 0 Å². The molecule has 1 aromatic carbocycles. The normalized spacial score (nSPS) is 10.7. The smallest absolute Gasteiger partial charge is 0.0604 e. The number of anilines is 1. The number of aliphatic hydroxyl groups is 1. The quantitative estimate of drug-likeness (QED) is 0.844. The Morgan fingerprint density at radius 1 is 1.06 bits per heavy atom. The molecule has 0 unspecified atom stereocenters. The third kappa shape index (κ3) is 3.43. The number of hydrogen-bond donors (Lipinski definition) is 2. The first kappa shape index (κ1) is 12.3. The van der Waals surface area contributed by atoms with Crippen molar-refractivity contribution in [2.45, 2.75) is 0 Å². The van der Waals surface area contributed by atoms with Gasteiger partial charge in [0.05, 0.1) is 6.61 Å². The average molecular weight is 240 g/mol. The van der Waals surface area contributed by atoms with E-state index in [9.17, 15) is 0 Å². The standard InChI is InChI=1S/C15H16N2O/c18-12-11-17-15-4-2-1-3-14(15)6-5-13-7-9-16-10-8-13/h1-10,17-18H,11-12H2/b6-5+. The van der Waals surface area contributed by atoms with Crippen molar-refractivity contribution in [1.82, 2.24) is 4.98 Å². The number of aromatic nitrogens is 1. The van der Waals surface area contributed by atoms with E-state index in [1.54, 1.807) is 12.4 Å². The van der Waals surface area contributed by atoms with Crippen LogP contribution in [0.4, 0.5) is 5.69 Å². The predicted molar refractivity (Wildman–Crippen MR) is 75.2 cm³/mol. The lowest BCUT2D eigenvalue weighted by Crippen LogP contribution is -2.06. The first-order valence-electron chi connectivity index (χ1n) is 5.92. The fourth-order valence-electron chi connectivity index (χ4n) is 1.65. The van der Waals surface area contributed by atoms with Crippen molar-refractivity contribution in [3.8, 4) is 0 Å². The zero-order chi connectivity index (χ0) is 12.6. The Kier molecular flexibility index (Phi) is 4.50. The molecule has 0 atom stereocenters. The first-order chi connectivity index (χ1) is 8.90. The Morgan fingerprint density at radius 2 is 1.83 bits per heavy atom. The molecule has 0 aliphatic rings. The summed E-state index contributed by atoms with van der Waals surface area (Å²) < 4.78 is 0. The van der Waals surface area contributed by atoms with Gasteiger partial charge in [-0.1, -0.05) is 30.4 Å². The van der Waals surface area contributed by atoms with E-state index in [0.29, 0.717) is 6.54 Å². The third-order valence-electron chi connectivity index (χ3n) is 2.55. The fraction of sp³-hybridized carbons (Fsp3) is 0.133. The number of nitrogens with zero attached hydrogens (tertiary/aromatic N) is 1. The van der Waals surface area contributed by atoms with Crippen LogP contribution in [0.3, 0.4) is 0 Å². The lowest BCUT2D eigenvalue weighted by molar-refractivity contribution is 0.311. The number of nitrogens with one attached hydrogen (secondary N) is 1. The largest absolute Gasteiger partial charge is 0.395 e. The molecule has 1 heterocycles. The number of pyridine rings is 1. The van der Waals surface area contributed by atoms with Crippen LogP contribution in [0.1, 0.15) is 11.1 Å². The molecule has 92 valence electrons. The summed E-state index contributed by atoms with van der Waals surface area (Å²) in [6, 6.07) is 11.9. The molecule has 0 radical (unpaired) electrons. The van der Waals surface area contributed by atoms with Crippen LogP contribution >= 0.6 is 0 Å². The summed E-state index contributed by atoms with van der Waals surface area (Å²) in [6.07, 6.45) is 7.64. The van der Waals surface area contributed by atoms with Gasteiger partial charge in [0.2, 0.25) is 0 Å². The van der Waals surface area contributed by atoms with Crippen LogP contribution in [-0.4, -0.2) is 23.2 Å². The monoisotopic (exact) mass is 240 g/mol. The van der Waals surface area contributed by atoms with E-state index in [4.69, 9.17) is 5.11 Å². The highest BCUT2D eigenvalue weighted by molar-refractivity contribution is 5.76. The van der Waals surface area contributed by atoms with Crippen LogP contribution in [0.2, 0.25) is 0 Å². The number of aliphatic hydroxyl groups excluding tert-OH is 1. The van der Waals surface area contributed by atoms with Gasteiger partial charge in [0.25, 0.3) is 0 Å². The summed E-state index contributed by atoms with van der Waals surface area (Å²) in [5.74, 6) is 0. The second-order valence-electron chi connectivity index (χ2n) is 3.85. The van der Waals surface area contributed by atoms with Crippen molar-refractivity contribution < 1.29 is 5.11 Å². The Labute approximate surface area is 107 Å². The van der Waals surface area contributed by atoms with Crippen LogP contribution in [0.15, 0.2) is 48.8 Å². The lowest BCUT2D eigenvalue weighted by Gasteiger charge is -2.07. The van der Waals surface area contributed by atoms with E-state index in [1.807, 2.05) is 42.5 Å². The highest BCUT2D eigenvalue weighted by Crippen LogP contribution is 2.17. The first-order valence-corrected chi connectivity index (χ1v) is 5.92. The van der Waals surface area contributed by atoms with Crippen molar-refractivity contribution in [3.63, 3.8) is 0 Å². The maximum Gasteiger partial charge on any atom is 0.0604 e. The molecule has 2 aromatic rings. The van der Waals surface area contributed by atoms with E-state index in [0.717, 1.165) is 16.8 Å². The Morgan fingerprint density at radius 3 is 2.61 bits per heavy atom. The molecule has 3 heteroatoms. The molecule has 3 nitrogen and oxygen atoms in total. The highest BCUT2D eigenvalue weighted by Gasteiger charge is 1.96. The van der Waals surface area contributed by atoms with Gasteiger partial charge >= 0.3 is 0 Å². The maximum absolute atomic E-state index is 8.84. The van der Waals surface area contributed by atoms with Crippen LogP contribution < -0.4 is 5.32 Å². The van der Waals surface area contributed by atoms with Crippen LogP contribution in [-0.2, 0) is 0 Å². The van der Waals surface area contributed by atoms with Crippen molar-refractivity contribution >= 4 is 17.8 Å². The molecular weight excluding hydrogens is 224 g/mol. The van der Waals surface area contributed by atoms with E-state index in [-0.39, 0.29) is 6.61 Å². The Bertz CT molecular complexity index is 509. The molecule has 18 heavy (non-hydrogen) atoms. The Balaban J connectivity index is 2.15. The van der Waals surface area contributed by atoms with Gasteiger partial charge in [0.1, 0.15) is 0 Å². The number of rotatable bonds is 5. The van der Waals surface area contributed by atoms with Crippen molar-refractivity contribution in [2.75, 3.05) is 18.5 Å². The van der Waals surface area contributed by atoms with E-state index < -0.39 is 0 Å². The Hall–Kier alpha value is -2.13. The van der Waals surface area contributed by atoms with Gasteiger partial charge < -0.3 is 10.4 Å². The topological polar surface area (TPSA) is 45.1 Å². The van der Waals surface area contributed by atoms with Gasteiger partial charge in [-0.25, -0.2) is 0 Å². The lowest BCUT2D eigenvalue weighted by atomic mass is 10.1. The number of para-hydroxylation sites is 1. The zero-order valence-corrected chi connectivity index (χ0v) is 10.1.